The number of aliphatic carboxylic acids is 1. The molecule has 106 valence electrons. The van der Waals surface area contributed by atoms with E-state index in [0.717, 1.165) is 6.42 Å². The summed E-state index contributed by atoms with van der Waals surface area (Å²) in [5.74, 6) is -1.19. The second kappa shape index (κ2) is 7.06. The van der Waals surface area contributed by atoms with Gasteiger partial charge in [-0.3, -0.25) is 4.79 Å². The van der Waals surface area contributed by atoms with Crippen molar-refractivity contribution in [3.8, 4) is 0 Å². The highest BCUT2D eigenvalue weighted by Crippen LogP contribution is 2.14. The smallest absolute Gasteiger partial charge is 0.321 e. The van der Waals surface area contributed by atoms with Gasteiger partial charge in [-0.15, -0.1) is 0 Å². The third kappa shape index (κ3) is 5.32. The van der Waals surface area contributed by atoms with E-state index in [0.29, 0.717) is 32.5 Å². The molecule has 1 saturated heterocycles. The van der Waals surface area contributed by atoms with Gasteiger partial charge in [0, 0.05) is 6.61 Å². The first kappa shape index (κ1) is 15.4. The number of carboxylic acid groups (broad SMARTS) is 1. The molecule has 6 nitrogen and oxygen atoms in total. The Bertz CT molecular complexity index is 362. The highest BCUT2D eigenvalue weighted by Gasteiger charge is 2.27. The molecule has 1 heterocycles. The van der Waals surface area contributed by atoms with Gasteiger partial charge in [0.05, 0.1) is 12.4 Å². The lowest BCUT2D eigenvalue weighted by Gasteiger charge is -2.16. The van der Waals surface area contributed by atoms with E-state index in [9.17, 15) is 13.2 Å². The summed E-state index contributed by atoms with van der Waals surface area (Å²) in [7, 11) is -3.55. The Labute approximate surface area is 108 Å². The van der Waals surface area contributed by atoms with Gasteiger partial charge in [0.25, 0.3) is 0 Å². The Balaban J connectivity index is 2.52. The Kier molecular flexibility index (Phi) is 6.04. The van der Waals surface area contributed by atoms with Gasteiger partial charge >= 0.3 is 5.97 Å². The number of carbonyl (C=O) groups is 1. The summed E-state index contributed by atoms with van der Waals surface area (Å²) in [6, 6.07) is -1.02. The Hall–Kier alpha value is -0.660. The zero-order valence-electron chi connectivity index (χ0n) is 10.6. The number of nitrogens with one attached hydrogen (secondary N) is 1. The molecule has 0 radical (unpaired) electrons. The summed E-state index contributed by atoms with van der Waals surface area (Å²) >= 11 is 0. The minimum Gasteiger partial charge on any atom is -0.480 e. The number of unbranched alkanes of at least 4 members (excludes halogenated alkanes) is 1. The van der Waals surface area contributed by atoms with Gasteiger partial charge in [-0.05, 0) is 18.8 Å². The monoisotopic (exact) mass is 279 g/mol. The minimum atomic E-state index is -3.55. The van der Waals surface area contributed by atoms with E-state index < -0.39 is 22.0 Å². The van der Waals surface area contributed by atoms with Gasteiger partial charge in [0.1, 0.15) is 6.04 Å². The molecule has 2 N–H and O–H groups in total. The van der Waals surface area contributed by atoms with E-state index in [1.54, 1.807) is 0 Å². The highest BCUT2D eigenvalue weighted by atomic mass is 32.2. The van der Waals surface area contributed by atoms with Crippen molar-refractivity contribution in [3.63, 3.8) is 0 Å². The second-order valence-corrected chi connectivity index (χ2v) is 6.46. The number of rotatable bonds is 8. The Morgan fingerprint density at radius 3 is 2.78 bits per heavy atom. The van der Waals surface area contributed by atoms with Gasteiger partial charge in [-0.1, -0.05) is 19.8 Å². The predicted octanol–water partition coefficient (Wildman–Crippen LogP) is 0.586. The Morgan fingerprint density at radius 2 is 2.28 bits per heavy atom. The maximum Gasteiger partial charge on any atom is 0.321 e. The molecule has 2 atom stereocenters. The van der Waals surface area contributed by atoms with Gasteiger partial charge < -0.3 is 9.84 Å². The highest BCUT2D eigenvalue weighted by molar-refractivity contribution is 7.89. The zero-order valence-corrected chi connectivity index (χ0v) is 11.4. The van der Waals surface area contributed by atoms with E-state index in [1.165, 1.54) is 0 Å². The number of ether oxygens (including phenoxy) is 1. The van der Waals surface area contributed by atoms with Gasteiger partial charge in [-0.2, -0.15) is 0 Å². The molecule has 0 bridgehead atoms. The molecule has 0 aromatic rings. The molecule has 0 saturated carbocycles. The maximum atomic E-state index is 11.8. The standard InChI is InChI=1S/C11H21NO5S/c1-2-3-4-10(11(13)14)12-18(15,16)8-9-5-6-17-7-9/h9-10,12H,2-8H2,1H3,(H,13,14). The topological polar surface area (TPSA) is 92.7 Å². The average Bonchev–Trinajstić information content (AvgIpc) is 2.75. The van der Waals surface area contributed by atoms with Gasteiger partial charge in [0.15, 0.2) is 0 Å². The predicted molar refractivity (Wildman–Crippen MR) is 66.8 cm³/mol. The first-order chi connectivity index (χ1) is 8.44. The summed E-state index contributed by atoms with van der Waals surface area (Å²) in [4.78, 5) is 11.0. The van der Waals surface area contributed by atoms with Gasteiger partial charge in [-0.25, -0.2) is 13.1 Å². The van der Waals surface area contributed by atoms with Crippen LogP contribution in [0.15, 0.2) is 0 Å². The van der Waals surface area contributed by atoms with Crippen LogP contribution >= 0.6 is 0 Å². The molecule has 18 heavy (non-hydrogen) atoms. The first-order valence-corrected chi connectivity index (χ1v) is 7.90. The lowest BCUT2D eigenvalue weighted by Crippen LogP contribution is -2.42. The van der Waals surface area contributed by atoms with Gasteiger partial charge in [0.2, 0.25) is 10.0 Å². The molecular formula is C11H21NO5S. The normalized spacial score (nSPS) is 21.9. The summed E-state index contributed by atoms with van der Waals surface area (Å²) in [5.41, 5.74) is 0. The number of hydrogen-bond acceptors (Lipinski definition) is 4. The minimum absolute atomic E-state index is 0.0249. The number of sulfonamides is 1. The van der Waals surface area contributed by atoms with E-state index in [1.807, 2.05) is 6.92 Å². The zero-order chi connectivity index (χ0) is 13.6. The van der Waals surface area contributed by atoms with Crippen LogP contribution in [-0.2, 0) is 19.6 Å². The molecule has 0 aliphatic carbocycles. The van der Waals surface area contributed by atoms with Crippen LogP contribution in [-0.4, -0.2) is 44.5 Å². The lowest BCUT2D eigenvalue weighted by molar-refractivity contribution is -0.139. The summed E-state index contributed by atoms with van der Waals surface area (Å²) < 4.78 is 31.1. The van der Waals surface area contributed by atoms with Crippen molar-refractivity contribution in [2.75, 3.05) is 19.0 Å². The van der Waals surface area contributed by atoms with Crippen LogP contribution in [0.5, 0.6) is 0 Å². The summed E-state index contributed by atoms with van der Waals surface area (Å²) in [6.45, 7) is 2.95. The van der Waals surface area contributed by atoms with Crippen LogP contribution in [0.1, 0.15) is 32.6 Å². The van der Waals surface area contributed by atoms with E-state index in [2.05, 4.69) is 4.72 Å². The van der Waals surface area contributed by atoms with Crippen LogP contribution in [0.4, 0.5) is 0 Å². The Morgan fingerprint density at radius 1 is 1.56 bits per heavy atom. The third-order valence-corrected chi connectivity index (χ3v) is 4.50. The van der Waals surface area contributed by atoms with E-state index >= 15 is 0 Å². The number of carboxylic acids is 1. The molecule has 0 amide bonds. The largest absolute Gasteiger partial charge is 0.480 e. The van der Waals surface area contributed by atoms with Crippen molar-refractivity contribution in [2.45, 2.75) is 38.6 Å². The van der Waals surface area contributed by atoms with Crippen LogP contribution in [0, 0.1) is 5.92 Å². The second-order valence-electron chi connectivity index (χ2n) is 4.66. The lowest BCUT2D eigenvalue weighted by atomic mass is 10.1. The number of hydrogen-bond donors (Lipinski definition) is 2. The molecular weight excluding hydrogens is 258 g/mol. The molecule has 0 spiro atoms. The van der Waals surface area contributed by atoms with Crippen LogP contribution in [0.2, 0.25) is 0 Å². The fourth-order valence-corrected chi connectivity index (χ4v) is 3.56. The van der Waals surface area contributed by atoms with Crippen LogP contribution < -0.4 is 4.72 Å². The van der Waals surface area contributed by atoms with Crippen molar-refractivity contribution >= 4 is 16.0 Å². The summed E-state index contributed by atoms with van der Waals surface area (Å²) in [5, 5.41) is 8.97. The van der Waals surface area contributed by atoms with Crippen molar-refractivity contribution in [1.82, 2.24) is 4.72 Å². The fraction of sp³-hybridized carbons (Fsp3) is 0.909. The fourth-order valence-electron chi connectivity index (χ4n) is 1.93. The molecule has 0 aromatic carbocycles. The van der Waals surface area contributed by atoms with E-state index in [4.69, 9.17) is 9.84 Å². The molecule has 0 aromatic heterocycles. The molecule has 7 heteroatoms. The van der Waals surface area contributed by atoms with Crippen molar-refractivity contribution in [2.24, 2.45) is 5.92 Å². The first-order valence-electron chi connectivity index (χ1n) is 6.25. The maximum absolute atomic E-state index is 11.8. The quantitative estimate of drug-likeness (QED) is 0.678. The molecule has 2 unspecified atom stereocenters. The molecule has 1 fully saturated rings. The van der Waals surface area contributed by atoms with Crippen molar-refractivity contribution < 1.29 is 23.1 Å². The SMILES string of the molecule is CCCCC(NS(=O)(=O)CC1CCOC1)C(=O)O. The third-order valence-electron chi connectivity index (χ3n) is 2.95. The van der Waals surface area contributed by atoms with Crippen LogP contribution in [0.3, 0.4) is 0 Å². The average molecular weight is 279 g/mol. The summed E-state index contributed by atoms with van der Waals surface area (Å²) in [6.07, 6.45) is 2.56. The van der Waals surface area contributed by atoms with Crippen molar-refractivity contribution in [3.05, 3.63) is 0 Å². The molecule has 1 rings (SSSR count). The van der Waals surface area contributed by atoms with Crippen LogP contribution in [0.25, 0.3) is 0 Å². The van der Waals surface area contributed by atoms with E-state index in [-0.39, 0.29) is 11.7 Å². The molecule has 1 aliphatic heterocycles. The molecule has 1 aliphatic rings. The van der Waals surface area contributed by atoms with Crippen molar-refractivity contribution in [1.29, 1.82) is 0 Å².